The van der Waals surface area contributed by atoms with Gasteiger partial charge in [0.2, 0.25) is 0 Å². The third-order valence-corrected chi connectivity index (χ3v) is 11.3. The van der Waals surface area contributed by atoms with Gasteiger partial charge in [-0.1, -0.05) is 77.7 Å². The summed E-state index contributed by atoms with van der Waals surface area (Å²) in [5.74, 6) is -0.0152. The van der Waals surface area contributed by atoms with Crippen LogP contribution in [0, 0.1) is 0 Å². The van der Waals surface area contributed by atoms with Crippen molar-refractivity contribution in [2.24, 2.45) is 5.16 Å². The van der Waals surface area contributed by atoms with E-state index < -0.39 is 8.24 Å². The lowest BCUT2D eigenvalue weighted by Crippen LogP contribution is -2.57. The Morgan fingerprint density at radius 1 is 1.11 bits per heavy atom. The lowest BCUT2D eigenvalue weighted by Gasteiger charge is -2.43. The Hall–Kier alpha value is -1.62. The summed E-state index contributed by atoms with van der Waals surface area (Å²) in [5.41, 5.74) is 3.65. The number of hydrogen-bond donors (Lipinski definition) is 0. The smallest absolute Gasteiger partial charge is 0.273 e. The van der Waals surface area contributed by atoms with Crippen molar-refractivity contribution >= 4 is 25.5 Å². The van der Waals surface area contributed by atoms with Crippen molar-refractivity contribution < 1.29 is 9.63 Å². The number of aryl methyl sites for hydroxylation is 1. The summed E-state index contributed by atoms with van der Waals surface area (Å²) in [5, 5.41) is 4.16. The molecule has 150 valence electrons. The molecule has 0 atom stereocenters. The molecule has 1 aromatic carbocycles. The Morgan fingerprint density at radius 2 is 1.78 bits per heavy atom. The number of amides is 1. The van der Waals surface area contributed by atoms with Crippen molar-refractivity contribution in [1.82, 2.24) is 0 Å². The minimum atomic E-state index is -2.07. The Labute approximate surface area is 166 Å². The minimum Gasteiger partial charge on any atom is -0.398 e. The van der Waals surface area contributed by atoms with Gasteiger partial charge < -0.3 is 9.40 Å². The second-order valence-electron chi connectivity index (χ2n) is 9.09. The molecule has 1 aliphatic rings. The van der Waals surface area contributed by atoms with E-state index in [9.17, 15) is 4.79 Å². The number of nitrogens with zero attached hydrogens (tertiary/aromatic N) is 2. The van der Waals surface area contributed by atoms with Crippen molar-refractivity contribution in [2.45, 2.75) is 84.4 Å². The van der Waals surface area contributed by atoms with Crippen LogP contribution < -0.4 is 4.57 Å². The number of hydrogen-bond acceptors (Lipinski definition) is 3. The summed E-state index contributed by atoms with van der Waals surface area (Å²) in [6.07, 6.45) is 7.38. The Kier molecular flexibility index (Phi) is 6.90. The van der Waals surface area contributed by atoms with Gasteiger partial charge in [-0.15, -0.1) is 0 Å². The van der Waals surface area contributed by atoms with Crippen molar-refractivity contribution in [2.75, 3.05) is 11.7 Å². The number of rotatable bonds is 8. The van der Waals surface area contributed by atoms with Gasteiger partial charge in [0.25, 0.3) is 5.91 Å². The molecule has 0 aliphatic carbocycles. The van der Waals surface area contributed by atoms with Gasteiger partial charge in [0.05, 0.1) is 0 Å². The molecule has 0 spiro atoms. The summed E-state index contributed by atoms with van der Waals surface area (Å²) in [4.78, 5) is 18.3. The Bertz CT molecular complexity index is 705. The largest absolute Gasteiger partial charge is 0.398 e. The second-order valence-corrected chi connectivity index (χ2v) is 14.2. The third-order valence-electron chi connectivity index (χ3n) is 6.11. The molecule has 0 fully saturated rings. The van der Waals surface area contributed by atoms with Gasteiger partial charge in [0.1, 0.15) is 7.11 Å². The molecule has 5 heteroatoms. The van der Waals surface area contributed by atoms with Crippen molar-refractivity contribution in [1.29, 1.82) is 0 Å². The van der Waals surface area contributed by atoms with Crippen molar-refractivity contribution in [3.8, 4) is 0 Å². The molecule has 0 radical (unpaired) electrons. The maximum absolute atomic E-state index is 13.2. The highest BCUT2D eigenvalue weighted by Crippen LogP contribution is 2.44. The zero-order valence-electron chi connectivity index (χ0n) is 18.2. The summed E-state index contributed by atoms with van der Waals surface area (Å²) in [6, 6.07) is 6.45. The normalized spacial score (nSPS) is 16.2. The molecule has 0 bridgehead atoms. The minimum absolute atomic E-state index is 0.0152. The molecule has 0 saturated carbocycles. The molecule has 4 nitrogen and oxygen atoms in total. The fourth-order valence-electron chi connectivity index (χ4n) is 3.46. The average Bonchev–Trinajstić information content (AvgIpc) is 2.86. The third kappa shape index (κ3) is 4.45. The molecule has 1 aliphatic heterocycles. The van der Waals surface area contributed by atoms with E-state index >= 15 is 0 Å². The van der Waals surface area contributed by atoms with E-state index in [1.807, 2.05) is 4.57 Å². The molecule has 1 amide bonds. The van der Waals surface area contributed by atoms with Crippen LogP contribution in [0.1, 0.15) is 70.9 Å². The number of unbranched alkanes of at least 4 members (excludes halogenated alkanes) is 4. The fourth-order valence-corrected chi connectivity index (χ4v) is 5.54. The van der Waals surface area contributed by atoms with Crippen LogP contribution in [0.25, 0.3) is 0 Å². The predicted molar refractivity (Wildman–Crippen MR) is 117 cm³/mol. The van der Waals surface area contributed by atoms with E-state index in [4.69, 9.17) is 4.84 Å². The van der Waals surface area contributed by atoms with Gasteiger partial charge in [-0.2, -0.15) is 0 Å². The summed E-state index contributed by atoms with van der Waals surface area (Å²) in [7, 11) is -0.561. The van der Waals surface area contributed by atoms with Crippen LogP contribution in [0.2, 0.25) is 18.1 Å². The van der Waals surface area contributed by atoms with Crippen LogP contribution in [-0.2, 0) is 16.1 Å². The summed E-state index contributed by atoms with van der Waals surface area (Å²) in [6.45, 7) is 13.4. The van der Waals surface area contributed by atoms with E-state index in [1.165, 1.54) is 44.8 Å². The van der Waals surface area contributed by atoms with Gasteiger partial charge >= 0.3 is 0 Å². The van der Waals surface area contributed by atoms with Gasteiger partial charge in [0.15, 0.2) is 13.9 Å². The SMILES string of the molecule is CCCCCCCc1ccc2c(c1)/C(=N/OC)C(=O)N2[Si](C)(C)C(C)(C)C. The first-order valence-electron chi connectivity index (χ1n) is 10.2. The molecule has 0 aromatic heterocycles. The van der Waals surface area contributed by atoms with Crippen LogP contribution in [0.15, 0.2) is 23.4 Å². The van der Waals surface area contributed by atoms with E-state index in [2.05, 4.69) is 64.1 Å². The molecule has 27 heavy (non-hydrogen) atoms. The highest BCUT2D eigenvalue weighted by molar-refractivity contribution is 6.90. The van der Waals surface area contributed by atoms with Crippen LogP contribution >= 0.6 is 0 Å². The van der Waals surface area contributed by atoms with E-state index in [1.54, 1.807) is 0 Å². The molecule has 1 aromatic rings. The molecule has 0 saturated heterocycles. The van der Waals surface area contributed by atoms with Gasteiger partial charge in [-0.3, -0.25) is 4.79 Å². The predicted octanol–water partition coefficient (Wildman–Crippen LogP) is 5.90. The van der Waals surface area contributed by atoms with Crippen LogP contribution in [0.4, 0.5) is 5.69 Å². The first-order chi connectivity index (χ1) is 12.6. The van der Waals surface area contributed by atoms with Gasteiger partial charge in [-0.25, -0.2) is 0 Å². The fraction of sp³-hybridized carbons (Fsp3) is 0.636. The number of carbonyl (C=O) groups is 1. The van der Waals surface area contributed by atoms with E-state index in [-0.39, 0.29) is 10.9 Å². The molecule has 2 rings (SSSR count). The summed E-state index contributed by atoms with van der Waals surface area (Å²) >= 11 is 0. The monoisotopic (exact) mass is 388 g/mol. The number of fused-ring (bicyclic) bond motifs is 1. The topological polar surface area (TPSA) is 41.9 Å². The second kappa shape index (κ2) is 8.59. The standard InChI is InChI=1S/C22H36N2O2Si/c1-8-9-10-11-12-13-17-14-15-19-18(16-17)20(23-26-5)21(25)24(19)27(6,7)22(2,3)4/h14-16H,8-13H2,1-7H3/b23-20-. The highest BCUT2D eigenvalue weighted by atomic mass is 28.3. The van der Waals surface area contributed by atoms with E-state index in [0.717, 1.165) is 17.7 Å². The lowest BCUT2D eigenvalue weighted by atomic mass is 10.0. The maximum Gasteiger partial charge on any atom is 0.273 e. The zero-order valence-corrected chi connectivity index (χ0v) is 19.2. The number of benzene rings is 1. The average molecular weight is 389 g/mol. The molecule has 0 unspecified atom stereocenters. The quantitative estimate of drug-likeness (QED) is 0.316. The molecular formula is C22H36N2O2Si. The zero-order chi connectivity index (χ0) is 20.2. The van der Waals surface area contributed by atoms with E-state index in [0.29, 0.717) is 5.71 Å². The first-order valence-corrected chi connectivity index (χ1v) is 13.2. The Balaban J connectivity index is 2.34. The first kappa shape index (κ1) is 21.7. The van der Waals surface area contributed by atoms with Crippen LogP contribution in [0.3, 0.4) is 0 Å². The number of carbonyl (C=O) groups excluding carboxylic acids is 1. The van der Waals surface area contributed by atoms with Crippen LogP contribution in [0.5, 0.6) is 0 Å². The van der Waals surface area contributed by atoms with Crippen molar-refractivity contribution in [3.63, 3.8) is 0 Å². The number of anilines is 1. The Morgan fingerprint density at radius 3 is 2.37 bits per heavy atom. The van der Waals surface area contributed by atoms with Crippen molar-refractivity contribution in [3.05, 3.63) is 29.3 Å². The molecule has 0 N–H and O–H groups in total. The van der Waals surface area contributed by atoms with Gasteiger partial charge in [0, 0.05) is 11.3 Å². The lowest BCUT2D eigenvalue weighted by molar-refractivity contribution is -0.111. The highest BCUT2D eigenvalue weighted by Gasteiger charge is 2.49. The number of oxime groups is 1. The molecule has 1 heterocycles. The summed E-state index contributed by atoms with van der Waals surface area (Å²) < 4.78 is 2.03. The maximum atomic E-state index is 13.2. The van der Waals surface area contributed by atoms with Gasteiger partial charge in [-0.05, 0) is 35.6 Å². The van der Waals surface area contributed by atoms with Crippen LogP contribution in [-0.4, -0.2) is 27.0 Å². The molecular weight excluding hydrogens is 352 g/mol.